The molecular formula is C11H10ClNO2. The predicted octanol–water partition coefficient (Wildman–Crippen LogP) is 2.30. The molecule has 0 unspecified atom stereocenters. The molecule has 0 saturated carbocycles. The molecule has 0 N–H and O–H groups in total. The van der Waals surface area contributed by atoms with Crippen molar-refractivity contribution >= 4 is 17.4 Å². The van der Waals surface area contributed by atoms with Crippen LogP contribution in [-0.2, 0) is 0 Å². The number of benzene rings is 1. The number of methoxy groups -OCH3 is 1. The van der Waals surface area contributed by atoms with Crippen LogP contribution < -0.4 is 4.74 Å². The van der Waals surface area contributed by atoms with Crippen molar-refractivity contribution < 1.29 is 9.53 Å². The summed E-state index contributed by atoms with van der Waals surface area (Å²) < 4.78 is 5.07. The van der Waals surface area contributed by atoms with E-state index in [1.54, 1.807) is 19.1 Å². The molecule has 78 valence electrons. The van der Waals surface area contributed by atoms with Gasteiger partial charge in [-0.2, -0.15) is 5.26 Å². The maximum absolute atomic E-state index is 11.5. The Morgan fingerprint density at radius 2 is 2.27 bits per heavy atom. The number of carbonyl (C=O) groups excluding carboxylic acids is 1. The van der Waals surface area contributed by atoms with Crippen molar-refractivity contribution in [1.29, 1.82) is 5.26 Å². The van der Waals surface area contributed by atoms with Gasteiger partial charge in [0, 0.05) is 0 Å². The second-order valence-corrected chi connectivity index (χ2v) is 3.27. The Bertz CT molecular complexity index is 435. The van der Waals surface area contributed by atoms with E-state index in [0.717, 1.165) is 5.56 Å². The maximum Gasteiger partial charge on any atom is 0.181 e. The average Bonchev–Trinajstić information content (AvgIpc) is 2.27. The van der Waals surface area contributed by atoms with Gasteiger partial charge in [-0.05, 0) is 18.6 Å². The van der Waals surface area contributed by atoms with Crippen LogP contribution in [0.4, 0.5) is 0 Å². The van der Waals surface area contributed by atoms with Gasteiger partial charge < -0.3 is 4.74 Å². The summed E-state index contributed by atoms with van der Waals surface area (Å²) in [5, 5.41) is 8.94. The van der Waals surface area contributed by atoms with Crippen LogP contribution in [0, 0.1) is 18.3 Å². The zero-order valence-electron chi connectivity index (χ0n) is 8.50. The third-order valence-electron chi connectivity index (χ3n) is 2.10. The molecule has 0 aromatic heterocycles. The number of carbonyl (C=O) groups is 1. The molecule has 15 heavy (non-hydrogen) atoms. The lowest BCUT2D eigenvalue weighted by Gasteiger charge is -2.09. The molecule has 1 aromatic rings. The van der Waals surface area contributed by atoms with Gasteiger partial charge in [-0.3, -0.25) is 4.79 Å². The average molecular weight is 224 g/mol. The molecular weight excluding hydrogens is 214 g/mol. The first-order valence-electron chi connectivity index (χ1n) is 4.32. The van der Waals surface area contributed by atoms with Gasteiger partial charge in [0.1, 0.15) is 11.8 Å². The molecule has 0 aliphatic heterocycles. The molecule has 0 spiro atoms. The number of Topliss-reactive ketones (excluding diaryl/α,β-unsaturated/α-hetero) is 1. The van der Waals surface area contributed by atoms with Crippen LogP contribution in [0.1, 0.15) is 21.5 Å². The van der Waals surface area contributed by atoms with Gasteiger partial charge in [0.05, 0.1) is 24.1 Å². The molecule has 0 aliphatic rings. The molecule has 0 fully saturated rings. The van der Waals surface area contributed by atoms with E-state index in [1.807, 2.05) is 6.07 Å². The second-order valence-electron chi connectivity index (χ2n) is 3.01. The summed E-state index contributed by atoms with van der Waals surface area (Å²) in [4.78, 5) is 11.5. The smallest absolute Gasteiger partial charge is 0.181 e. The molecule has 0 bridgehead atoms. The second kappa shape index (κ2) is 4.81. The van der Waals surface area contributed by atoms with Crippen molar-refractivity contribution in [2.75, 3.05) is 13.0 Å². The van der Waals surface area contributed by atoms with Crippen molar-refractivity contribution in [3.8, 4) is 11.8 Å². The van der Waals surface area contributed by atoms with Crippen LogP contribution in [-0.4, -0.2) is 18.8 Å². The Hall–Kier alpha value is -1.53. The van der Waals surface area contributed by atoms with E-state index in [9.17, 15) is 4.79 Å². The van der Waals surface area contributed by atoms with E-state index >= 15 is 0 Å². The Kier molecular flexibility index (Phi) is 3.70. The summed E-state index contributed by atoms with van der Waals surface area (Å²) in [7, 11) is 1.43. The van der Waals surface area contributed by atoms with E-state index in [2.05, 4.69) is 0 Å². The molecule has 0 atom stereocenters. The quantitative estimate of drug-likeness (QED) is 0.584. The van der Waals surface area contributed by atoms with Crippen LogP contribution in [0.5, 0.6) is 5.75 Å². The standard InChI is InChI=1S/C11H10ClNO2/c1-7-3-4-8(10(14)5-12)11(15-2)9(7)6-13/h3-4H,5H2,1-2H3. The number of halogens is 1. The minimum absolute atomic E-state index is 0.121. The first-order valence-corrected chi connectivity index (χ1v) is 4.86. The lowest BCUT2D eigenvalue weighted by atomic mass is 10.0. The summed E-state index contributed by atoms with van der Waals surface area (Å²) in [6.45, 7) is 1.79. The first-order chi connectivity index (χ1) is 7.15. The fraction of sp³-hybridized carbons (Fsp3) is 0.273. The number of nitriles is 1. The van der Waals surface area contributed by atoms with Crippen LogP contribution in [0.25, 0.3) is 0 Å². The molecule has 0 saturated heterocycles. The van der Waals surface area contributed by atoms with E-state index < -0.39 is 0 Å². The number of ether oxygens (including phenoxy) is 1. The van der Waals surface area contributed by atoms with Crippen LogP contribution in [0.2, 0.25) is 0 Å². The van der Waals surface area contributed by atoms with Crippen molar-refractivity contribution in [3.05, 3.63) is 28.8 Å². The highest BCUT2D eigenvalue weighted by Gasteiger charge is 2.16. The lowest BCUT2D eigenvalue weighted by Crippen LogP contribution is -2.05. The van der Waals surface area contributed by atoms with Crippen molar-refractivity contribution in [2.24, 2.45) is 0 Å². The molecule has 1 aromatic carbocycles. The molecule has 0 heterocycles. The monoisotopic (exact) mass is 223 g/mol. The number of hydrogen-bond donors (Lipinski definition) is 0. The van der Waals surface area contributed by atoms with Crippen LogP contribution in [0.15, 0.2) is 12.1 Å². The Morgan fingerprint density at radius 3 is 2.73 bits per heavy atom. The third kappa shape index (κ3) is 2.11. The van der Waals surface area contributed by atoms with Crippen molar-refractivity contribution in [3.63, 3.8) is 0 Å². The van der Waals surface area contributed by atoms with Gasteiger partial charge in [-0.15, -0.1) is 11.6 Å². The highest BCUT2D eigenvalue weighted by atomic mass is 35.5. The van der Waals surface area contributed by atoms with Gasteiger partial charge in [-0.25, -0.2) is 0 Å². The zero-order valence-corrected chi connectivity index (χ0v) is 9.26. The minimum Gasteiger partial charge on any atom is -0.495 e. The number of hydrogen-bond acceptors (Lipinski definition) is 3. The number of aryl methyl sites for hydroxylation is 1. The van der Waals surface area contributed by atoms with E-state index in [0.29, 0.717) is 16.9 Å². The third-order valence-corrected chi connectivity index (χ3v) is 2.35. The Labute approximate surface area is 93.2 Å². The SMILES string of the molecule is COc1c(C(=O)CCl)ccc(C)c1C#N. The van der Waals surface area contributed by atoms with E-state index in [1.165, 1.54) is 7.11 Å². The number of nitrogens with zero attached hydrogens (tertiary/aromatic N) is 1. The molecule has 0 radical (unpaired) electrons. The highest BCUT2D eigenvalue weighted by Crippen LogP contribution is 2.26. The van der Waals surface area contributed by atoms with Crippen molar-refractivity contribution in [2.45, 2.75) is 6.92 Å². The molecule has 3 nitrogen and oxygen atoms in total. The fourth-order valence-electron chi connectivity index (χ4n) is 1.32. The summed E-state index contributed by atoms with van der Waals surface area (Å²) in [5.74, 6) is -0.0576. The van der Waals surface area contributed by atoms with E-state index in [4.69, 9.17) is 21.6 Å². The summed E-state index contributed by atoms with van der Waals surface area (Å²) in [6.07, 6.45) is 0. The Balaban J connectivity index is 3.43. The minimum atomic E-state index is -0.245. The van der Waals surface area contributed by atoms with Gasteiger partial charge in [0.2, 0.25) is 0 Å². The van der Waals surface area contributed by atoms with Gasteiger partial charge in [-0.1, -0.05) is 6.07 Å². The van der Waals surface area contributed by atoms with Gasteiger partial charge in [0.25, 0.3) is 0 Å². The van der Waals surface area contributed by atoms with E-state index in [-0.39, 0.29) is 11.7 Å². The number of ketones is 1. The first kappa shape index (κ1) is 11.5. The summed E-state index contributed by atoms with van der Waals surface area (Å²) in [6, 6.07) is 5.35. The normalized spacial score (nSPS) is 9.47. The number of rotatable bonds is 3. The summed E-state index contributed by atoms with van der Waals surface area (Å²) >= 11 is 5.46. The molecule has 4 heteroatoms. The molecule has 0 aliphatic carbocycles. The summed E-state index contributed by atoms with van der Waals surface area (Å²) in [5.41, 5.74) is 1.52. The topological polar surface area (TPSA) is 50.1 Å². The molecule has 0 amide bonds. The van der Waals surface area contributed by atoms with Gasteiger partial charge >= 0.3 is 0 Å². The Morgan fingerprint density at radius 1 is 1.60 bits per heavy atom. The number of alkyl halides is 1. The highest BCUT2D eigenvalue weighted by molar-refractivity contribution is 6.30. The predicted molar refractivity (Wildman–Crippen MR) is 57.5 cm³/mol. The lowest BCUT2D eigenvalue weighted by molar-refractivity contribution is 0.101. The van der Waals surface area contributed by atoms with Crippen LogP contribution in [0.3, 0.4) is 0 Å². The zero-order chi connectivity index (χ0) is 11.4. The van der Waals surface area contributed by atoms with Gasteiger partial charge in [0.15, 0.2) is 5.78 Å². The maximum atomic E-state index is 11.5. The fourth-order valence-corrected chi connectivity index (χ4v) is 1.47. The van der Waals surface area contributed by atoms with Crippen molar-refractivity contribution in [1.82, 2.24) is 0 Å². The largest absolute Gasteiger partial charge is 0.495 e. The molecule has 1 rings (SSSR count). The van der Waals surface area contributed by atoms with Crippen LogP contribution >= 0.6 is 11.6 Å².